The van der Waals surface area contributed by atoms with Crippen molar-refractivity contribution in [3.05, 3.63) is 48.0 Å². The Morgan fingerprint density at radius 2 is 2.13 bits per heavy atom. The maximum absolute atomic E-state index is 13.3. The first-order chi connectivity index (χ1) is 14.7. The number of aromatic nitrogens is 3. The van der Waals surface area contributed by atoms with Gasteiger partial charge in [0.1, 0.15) is 6.04 Å². The van der Waals surface area contributed by atoms with Gasteiger partial charge in [-0.1, -0.05) is 6.07 Å². The molecule has 158 valence electrons. The summed E-state index contributed by atoms with van der Waals surface area (Å²) in [6.45, 7) is 3.04. The van der Waals surface area contributed by atoms with E-state index in [9.17, 15) is 9.59 Å². The van der Waals surface area contributed by atoms with Crippen molar-refractivity contribution in [1.82, 2.24) is 30.3 Å². The molecule has 0 saturated carbocycles. The fourth-order valence-electron chi connectivity index (χ4n) is 5.64. The molecule has 3 aliphatic heterocycles. The van der Waals surface area contributed by atoms with Crippen LogP contribution in [0.25, 0.3) is 0 Å². The molecular formula is C22H28N6O2. The lowest BCUT2D eigenvalue weighted by Gasteiger charge is -2.55. The van der Waals surface area contributed by atoms with E-state index in [0.717, 1.165) is 44.6 Å². The van der Waals surface area contributed by atoms with E-state index in [1.807, 2.05) is 23.2 Å². The van der Waals surface area contributed by atoms with Crippen LogP contribution in [0.4, 0.5) is 0 Å². The summed E-state index contributed by atoms with van der Waals surface area (Å²) < 4.78 is 0. The van der Waals surface area contributed by atoms with Crippen LogP contribution < -0.4 is 5.32 Å². The molecule has 3 fully saturated rings. The van der Waals surface area contributed by atoms with E-state index in [-0.39, 0.29) is 23.8 Å². The molecule has 3 saturated heterocycles. The monoisotopic (exact) mass is 408 g/mol. The summed E-state index contributed by atoms with van der Waals surface area (Å²) in [7, 11) is 0. The third-order valence-electron chi connectivity index (χ3n) is 6.83. The molecule has 2 aromatic heterocycles. The number of likely N-dealkylation sites (tertiary alicyclic amines) is 1. The molecule has 2 N–H and O–H groups in total. The second-order valence-electron chi connectivity index (χ2n) is 8.82. The van der Waals surface area contributed by atoms with Crippen LogP contribution >= 0.6 is 0 Å². The van der Waals surface area contributed by atoms with Crippen molar-refractivity contribution in [3.8, 4) is 0 Å². The first-order valence-electron chi connectivity index (χ1n) is 10.9. The van der Waals surface area contributed by atoms with Crippen LogP contribution in [0.5, 0.6) is 0 Å². The second-order valence-corrected chi connectivity index (χ2v) is 8.82. The zero-order valence-corrected chi connectivity index (χ0v) is 17.0. The second kappa shape index (κ2) is 8.18. The van der Waals surface area contributed by atoms with E-state index in [1.165, 1.54) is 5.56 Å². The van der Waals surface area contributed by atoms with E-state index in [0.29, 0.717) is 18.9 Å². The van der Waals surface area contributed by atoms with Crippen LogP contribution in [0.3, 0.4) is 0 Å². The summed E-state index contributed by atoms with van der Waals surface area (Å²) >= 11 is 0. The predicted octanol–water partition coefficient (Wildman–Crippen LogP) is 1.32. The highest BCUT2D eigenvalue weighted by Crippen LogP contribution is 2.42. The van der Waals surface area contributed by atoms with Crippen molar-refractivity contribution in [1.29, 1.82) is 0 Å². The number of carbonyl (C=O) groups is 2. The van der Waals surface area contributed by atoms with Crippen molar-refractivity contribution in [2.24, 2.45) is 11.8 Å². The number of H-pyrrole nitrogens is 1. The molecule has 0 aliphatic carbocycles. The predicted molar refractivity (Wildman–Crippen MR) is 110 cm³/mol. The van der Waals surface area contributed by atoms with Crippen molar-refractivity contribution in [3.63, 3.8) is 0 Å². The lowest BCUT2D eigenvalue weighted by Crippen LogP contribution is -2.68. The van der Waals surface area contributed by atoms with Gasteiger partial charge in [0.05, 0.1) is 12.2 Å². The average molecular weight is 409 g/mol. The topological polar surface area (TPSA) is 94.2 Å². The summed E-state index contributed by atoms with van der Waals surface area (Å²) in [5.74, 6) is 0.682. The minimum atomic E-state index is -0.390. The van der Waals surface area contributed by atoms with Gasteiger partial charge in [-0.25, -0.2) is 0 Å². The van der Waals surface area contributed by atoms with Gasteiger partial charge in [0.2, 0.25) is 11.8 Å². The highest BCUT2D eigenvalue weighted by molar-refractivity contribution is 5.89. The lowest BCUT2D eigenvalue weighted by atomic mass is 9.71. The summed E-state index contributed by atoms with van der Waals surface area (Å²) in [6.07, 6.45) is 8.87. The van der Waals surface area contributed by atoms with E-state index in [2.05, 4.69) is 31.5 Å². The number of nitrogens with one attached hydrogen (secondary N) is 2. The summed E-state index contributed by atoms with van der Waals surface area (Å²) in [4.78, 5) is 34.8. The molecule has 0 spiro atoms. The van der Waals surface area contributed by atoms with Gasteiger partial charge >= 0.3 is 0 Å². The number of carbonyl (C=O) groups excluding carboxylic acids is 2. The Hall–Kier alpha value is -2.74. The smallest absolute Gasteiger partial charge is 0.243 e. The van der Waals surface area contributed by atoms with Crippen molar-refractivity contribution in [2.45, 2.75) is 50.9 Å². The van der Waals surface area contributed by atoms with Crippen molar-refractivity contribution >= 4 is 11.8 Å². The number of piperidine rings is 3. The number of nitrogens with zero attached hydrogens (tertiary/aromatic N) is 4. The summed E-state index contributed by atoms with van der Waals surface area (Å²) in [6, 6.07) is 5.69. The molecule has 0 radical (unpaired) electrons. The van der Waals surface area contributed by atoms with Gasteiger partial charge in [-0.3, -0.25) is 24.6 Å². The minimum Gasteiger partial charge on any atom is -0.349 e. The lowest BCUT2D eigenvalue weighted by molar-refractivity contribution is -0.160. The number of hydrogen-bond acceptors (Lipinski definition) is 5. The van der Waals surface area contributed by atoms with E-state index < -0.39 is 6.04 Å². The zero-order valence-electron chi connectivity index (χ0n) is 17.0. The third kappa shape index (κ3) is 3.71. The van der Waals surface area contributed by atoms with E-state index >= 15 is 0 Å². The van der Waals surface area contributed by atoms with Gasteiger partial charge in [0.25, 0.3) is 0 Å². The van der Waals surface area contributed by atoms with Crippen molar-refractivity contribution < 1.29 is 9.59 Å². The summed E-state index contributed by atoms with van der Waals surface area (Å²) in [5.41, 5.74) is 2.05. The largest absolute Gasteiger partial charge is 0.349 e. The fourth-order valence-corrected chi connectivity index (χ4v) is 5.64. The Balaban J connectivity index is 1.36. The van der Waals surface area contributed by atoms with Gasteiger partial charge < -0.3 is 10.2 Å². The normalized spacial score (nSPS) is 28.8. The SMILES string of the molecule is O=C(NCc1ccn[nH]1)[C@H]1[C@@H]2C[C@@H](CN(Cc3cccnc3)C2)[C@@H]2CCCC(=O)N21. The molecule has 4 atom stereocenters. The van der Waals surface area contributed by atoms with Gasteiger partial charge in [-0.15, -0.1) is 0 Å². The number of pyridine rings is 1. The fraction of sp³-hybridized carbons (Fsp3) is 0.545. The molecule has 8 nitrogen and oxygen atoms in total. The summed E-state index contributed by atoms with van der Waals surface area (Å²) in [5, 5.41) is 9.86. The maximum Gasteiger partial charge on any atom is 0.243 e. The Bertz CT molecular complexity index is 886. The van der Waals surface area contributed by atoms with Crippen LogP contribution in [-0.4, -0.2) is 62.0 Å². The van der Waals surface area contributed by atoms with Gasteiger partial charge in [0, 0.05) is 56.6 Å². The van der Waals surface area contributed by atoms with Gasteiger partial charge in [-0.2, -0.15) is 5.10 Å². The highest BCUT2D eigenvalue weighted by atomic mass is 16.2. The Labute approximate surface area is 176 Å². The molecule has 2 bridgehead atoms. The standard InChI is InChI=1S/C22H28N6O2/c29-20-5-1-4-19-16-9-17(14-27(13-16)12-15-3-2-7-23-10-15)21(28(19)20)22(30)24-11-18-6-8-25-26-18/h2-3,6-8,10,16-17,19,21H,1,4-5,9,11-14H2,(H,24,30)(H,25,26)/t16-,17+,19-,21+/m0/s1. The molecule has 5 rings (SSSR count). The minimum absolute atomic E-state index is 0.0449. The molecule has 3 aliphatic rings. The first-order valence-corrected chi connectivity index (χ1v) is 10.9. The van der Waals surface area contributed by atoms with Crippen LogP contribution in [-0.2, 0) is 22.7 Å². The van der Waals surface area contributed by atoms with Crippen LogP contribution in [0.1, 0.15) is 36.9 Å². The van der Waals surface area contributed by atoms with Gasteiger partial charge in [-0.05, 0) is 42.9 Å². The number of rotatable bonds is 5. The molecule has 5 heterocycles. The molecule has 0 aromatic carbocycles. The maximum atomic E-state index is 13.3. The Kier molecular flexibility index (Phi) is 5.25. The number of hydrogen-bond donors (Lipinski definition) is 2. The number of amides is 2. The quantitative estimate of drug-likeness (QED) is 0.778. The highest BCUT2D eigenvalue weighted by Gasteiger charge is 2.51. The Morgan fingerprint density at radius 3 is 2.93 bits per heavy atom. The zero-order chi connectivity index (χ0) is 20.5. The molecular weight excluding hydrogens is 380 g/mol. The average Bonchev–Trinajstić information content (AvgIpc) is 3.27. The number of aromatic amines is 1. The van der Waals surface area contributed by atoms with E-state index in [1.54, 1.807) is 12.4 Å². The molecule has 30 heavy (non-hydrogen) atoms. The van der Waals surface area contributed by atoms with Crippen LogP contribution in [0, 0.1) is 11.8 Å². The van der Waals surface area contributed by atoms with Crippen LogP contribution in [0.2, 0.25) is 0 Å². The molecule has 0 unspecified atom stereocenters. The Morgan fingerprint density at radius 1 is 1.23 bits per heavy atom. The van der Waals surface area contributed by atoms with Crippen molar-refractivity contribution in [2.75, 3.05) is 13.1 Å². The van der Waals surface area contributed by atoms with E-state index in [4.69, 9.17) is 0 Å². The first kappa shape index (κ1) is 19.2. The van der Waals surface area contributed by atoms with Gasteiger partial charge in [0.15, 0.2) is 0 Å². The molecule has 8 heteroatoms. The number of fused-ring (bicyclic) bond motifs is 4. The van der Waals surface area contributed by atoms with Crippen LogP contribution in [0.15, 0.2) is 36.8 Å². The third-order valence-corrected chi connectivity index (χ3v) is 6.83. The molecule has 2 aromatic rings. The molecule has 2 amide bonds.